The van der Waals surface area contributed by atoms with Gasteiger partial charge in [-0.05, 0) is 56.2 Å². The number of ether oxygens (including phenoxy) is 1. The highest BCUT2D eigenvalue weighted by molar-refractivity contribution is 6.02. The first-order chi connectivity index (χ1) is 14.0. The molecule has 0 saturated carbocycles. The Kier molecular flexibility index (Phi) is 5.01. The van der Waals surface area contributed by atoms with Crippen molar-refractivity contribution in [1.82, 2.24) is 4.90 Å². The third kappa shape index (κ3) is 3.58. The van der Waals surface area contributed by atoms with Crippen molar-refractivity contribution in [3.05, 3.63) is 95.6 Å². The molecule has 1 aliphatic heterocycles. The molecule has 1 unspecified atom stereocenters. The van der Waals surface area contributed by atoms with Gasteiger partial charge in [0.25, 0.3) is 5.91 Å². The molecule has 1 atom stereocenters. The van der Waals surface area contributed by atoms with Gasteiger partial charge < -0.3 is 15.0 Å². The van der Waals surface area contributed by atoms with E-state index < -0.39 is 5.66 Å². The van der Waals surface area contributed by atoms with Gasteiger partial charge in [-0.2, -0.15) is 0 Å². The zero-order valence-corrected chi connectivity index (χ0v) is 17.1. The summed E-state index contributed by atoms with van der Waals surface area (Å²) in [7, 11) is 0. The monoisotopic (exact) mass is 386 g/mol. The second-order valence-electron chi connectivity index (χ2n) is 7.81. The Labute approximate surface area is 172 Å². The van der Waals surface area contributed by atoms with Gasteiger partial charge in [-0.15, -0.1) is 0 Å². The van der Waals surface area contributed by atoms with Gasteiger partial charge >= 0.3 is 0 Å². The third-order valence-corrected chi connectivity index (χ3v) is 5.42. The number of fused-ring (bicyclic) bond motifs is 1. The Morgan fingerprint density at radius 1 is 0.931 bits per heavy atom. The van der Waals surface area contributed by atoms with Crippen LogP contribution in [-0.4, -0.2) is 16.8 Å². The van der Waals surface area contributed by atoms with Crippen LogP contribution >= 0.6 is 0 Å². The van der Waals surface area contributed by atoms with Gasteiger partial charge in [0.05, 0.1) is 5.56 Å². The topological polar surface area (TPSA) is 41.6 Å². The highest BCUT2D eigenvalue weighted by Gasteiger charge is 2.43. The van der Waals surface area contributed by atoms with Crippen LogP contribution in [-0.2, 0) is 12.3 Å². The first-order valence-electron chi connectivity index (χ1n) is 9.97. The molecule has 4 heteroatoms. The first-order valence-corrected chi connectivity index (χ1v) is 9.97. The number of carbonyl (C=O) groups is 1. The lowest BCUT2D eigenvalue weighted by Gasteiger charge is -2.48. The van der Waals surface area contributed by atoms with Crippen molar-refractivity contribution in [2.75, 3.05) is 5.32 Å². The van der Waals surface area contributed by atoms with Crippen LogP contribution in [0.3, 0.4) is 0 Å². The van der Waals surface area contributed by atoms with Crippen molar-refractivity contribution in [3.8, 4) is 5.75 Å². The Bertz CT molecular complexity index is 999. The van der Waals surface area contributed by atoms with Gasteiger partial charge in [0, 0.05) is 11.7 Å². The molecule has 1 amide bonds. The van der Waals surface area contributed by atoms with E-state index in [-0.39, 0.29) is 11.9 Å². The third-order valence-electron chi connectivity index (χ3n) is 5.42. The molecule has 3 aromatic rings. The van der Waals surface area contributed by atoms with Gasteiger partial charge in [0.15, 0.2) is 0 Å². The molecule has 0 fully saturated rings. The minimum absolute atomic E-state index is 0.0428. The summed E-state index contributed by atoms with van der Waals surface area (Å²) < 4.78 is 5.92. The zero-order chi connectivity index (χ0) is 20.4. The van der Waals surface area contributed by atoms with Crippen LogP contribution in [0.5, 0.6) is 5.75 Å². The normalized spacial score (nSPS) is 18.3. The van der Waals surface area contributed by atoms with E-state index in [2.05, 4.69) is 12.2 Å². The summed E-state index contributed by atoms with van der Waals surface area (Å²) >= 11 is 0. The van der Waals surface area contributed by atoms with Crippen LogP contribution in [0.15, 0.2) is 78.9 Å². The molecule has 29 heavy (non-hydrogen) atoms. The van der Waals surface area contributed by atoms with Gasteiger partial charge in [0.1, 0.15) is 18.0 Å². The standard InChI is InChI=1S/C25H26N2O2/c1-18(2)27-24(28)22-11-7-8-12-23(22)26-25(27,3)20-13-15-21(16-14-20)29-17-19-9-5-4-6-10-19/h4-16,18,26H,17H2,1-3H3. The molecule has 3 aromatic carbocycles. The van der Waals surface area contributed by atoms with Crippen LogP contribution in [0.1, 0.15) is 42.3 Å². The van der Waals surface area contributed by atoms with E-state index in [1.807, 2.05) is 97.6 Å². The van der Waals surface area contributed by atoms with Crippen LogP contribution in [0, 0.1) is 0 Å². The molecule has 0 aromatic heterocycles. The Morgan fingerprint density at radius 2 is 1.59 bits per heavy atom. The molecule has 4 nitrogen and oxygen atoms in total. The molecule has 4 rings (SSSR count). The summed E-state index contributed by atoms with van der Waals surface area (Å²) in [5.74, 6) is 0.848. The Balaban J connectivity index is 1.61. The lowest BCUT2D eigenvalue weighted by molar-refractivity contribution is 0.0433. The maximum atomic E-state index is 13.2. The smallest absolute Gasteiger partial charge is 0.258 e. The summed E-state index contributed by atoms with van der Waals surface area (Å²) in [6, 6.07) is 25.8. The van der Waals surface area contributed by atoms with Crippen molar-refractivity contribution in [2.24, 2.45) is 0 Å². The van der Waals surface area contributed by atoms with Crippen molar-refractivity contribution in [2.45, 2.75) is 39.1 Å². The quantitative estimate of drug-likeness (QED) is 0.637. The number of hydrogen-bond acceptors (Lipinski definition) is 3. The van der Waals surface area contributed by atoms with E-state index in [0.717, 1.165) is 22.6 Å². The van der Waals surface area contributed by atoms with Crippen molar-refractivity contribution >= 4 is 11.6 Å². The molecule has 0 spiro atoms. The summed E-state index contributed by atoms with van der Waals surface area (Å²) in [4.78, 5) is 15.1. The lowest BCUT2D eigenvalue weighted by atomic mass is 9.92. The minimum Gasteiger partial charge on any atom is -0.489 e. The Hall–Kier alpha value is -3.27. The second-order valence-corrected chi connectivity index (χ2v) is 7.81. The van der Waals surface area contributed by atoms with E-state index in [9.17, 15) is 4.79 Å². The number of rotatable bonds is 5. The predicted octanol–water partition coefficient (Wildman–Crippen LogP) is 5.41. The SMILES string of the molecule is CC(C)N1C(=O)c2ccccc2NC1(C)c1ccc(OCc2ccccc2)cc1. The predicted molar refractivity (Wildman–Crippen MR) is 116 cm³/mol. The molecule has 0 saturated heterocycles. The summed E-state index contributed by atoms with van der Waals surface area (Å²) in [6.45, 7) is 6.67. The fourth-order valence-corrected chi connectivity index (χ4v) is 4.01. The van der Waals surface area contributed by atoms with E-state index in [0.29, 0.717) is 12.2 Å². The molecular formula is C25H26N2O2. The van der Waals surface area contributed by atoms with E-state index in [4.69, 9.17) is 4.74 Å². The average molecular weight is 386 g/mol. The highest BCUT2D eigenvalue weighted by Crippen LogP contribution is 2.39. The van der Waals surface area contributed by atoms with Gasteiger partial charge in [-0.25, -0.2) is 0 Å². The molecular weight excluding hydrogens is 360 g/mol. The summed E-state index contributed by atoms with van der Waals surface area (Å²) in [5.41, 5.74) is 3.08. The van der Waals surface area contributed by atoms with E-state index >= 15 is 0 Å². The largest absolute Gasteiger partial charge is 0.489 e. The van der Waals surface area contributed by atoms with Crippen LogP contribution in [0.4, 0.5) is 5.69 Å². The Morgan fingerprint density at radius 3 is 2.28 bits per heavy atom. The molecule has 0 radical (unpaired) electrons. The van der Waals surface area contributed by atoms with Crippen molar-refractivity contribution in [1.29, 1.82) is 0 Å². The molecule has 1 N–H and O–H groups in total. The number of hydrogen-bond donors (Lipinski definition) is 1. The number of carbonyl (C=O) groups excluding carboxylic acids is 1. The number of anilines is 1. The average Bonchev–Trinajstić information content (AvgIpc) is 2.73. The maximum Gasteiger partial charge on any atom is 0.258 e. The van der Waals surface area contributed by atoms with Crippen LogP contribution in [0.2, 0.25) is 0 Å². The van der Waals surface area contributed by atoms with Gasteiger partial charge in [-0.3, -0.25) is 4.79 Å². The molecule has 0 aliphatic carbocycles. The van der Waals surface area contributed by atoms with Crippen molar-refractivity contribution in [3.63, 3.8) is 0 Å². The molecule has 0 bridgehead atoms. The highest BCUT2D eigenvalue weighted by atomic mass is 16.5. The van der Waals surface area contributed by atoms with Crippen LogP contribution < -0.4 is 10.1 Å². The van der Waals surface area contributed by atoms with Crippen molar-refractivity contribution < 1.29 is 9.53 Å². The summed E-state index contributed by atoms with van der Waals surface area (Å²) in [6.07, 6.45) is 0. The van der Waals surface area contributed by atoms with E-state index in [1.165, 1.54) is 0 Å². The number of benzene rings is 3. The maximum absolute atomic E-state index is 13.2. The zero-order valence-electron chi connectivity index (χ0n) is 17.1. The number of nitrogens with one attached hydrogen (secondary N) is 1. The number of para-hydroxylation sites is 1. The van der Waals surface area contributed by atoms with Gasteiger partial charge in [0.2, 0.25) is 0 Å². The molecule has 1 aliphatic rings. The lowest BCUT2D eigenvalue weighted by Crippen LogP contribution is -2.58. The van der Waals surface area contributed by atoms with E-state index in [1.54, 1.807) is 0 Å². The summed E-state index contributed by atoms with van der Waals surface area (Å²) in [5, 5.41) is 3.59. The minimum atomic E-state index is -0.641. The number of amides is 1. The van der Waals surface area contributed by atoms with Crippen LogP contribution in [0.25, 0.3) is 0 Å². The second kappa shape index (κ2) is 7.63. The molecule has 1 heterocycles. The van der Waals surface area contributed by atoms with Gasteiger partial charge in [-0.1, -0.05) is 54.6 Å². The fraction of sp³-hybridized carbons (Fsp3) is 0.240. The first kappa shape index (κ1) is 19.1. The molecule has 148 valence electrons. The fourth-order valence-electron chi connectivity index (χ4n) is 4.01. The number of nitrogens with zero attached hydrogens (tertiary/aromatic N) is 1.